The van der Waals surface area contributed by atoms with Gasteiger partial charge >= 0.3 is 0 Å². The Labute approximate surface area is 95.1 Å². The molecular formula is C9H9Cl2NOS. The maximum Gasteiger partial charge on any atom is 0.135 e. The van der Waals surface area contributed by atoms with Crippen LogP contribution >= 0.6 is 23.2 Å². The standard InChI is InChI=1S/C9H9Cl2NOS/c1-2-5-3-6-7(10)8(11)14(13)9(6)12-4-5/h3-4,7-8H,2H2,1H3/t7-,8-,14?/m0/s1. The van der Waals surface area contributed by atoms with Crippen LogP contribution in [0.4, 0.5) is 0 Å². The summed E-state index contributed by atoms with van der Waals surface area (Å²) in [4.78, 5) is 4.14. The summed E-state index contributed by atoms with van der Waals surface area (Å²) in [5, 5.41) is 0.161. The van der Waals surface area contributed by atoms with Gasteiger partial charge in [-0.15, -0.1) is 23.2 Å². The maximum atomic E-state index is 11.6. The monoisotopic (exact) mass is 249 g/mol. The average Bonchev–Trinajstić information content (AvgIpc) is 2.44. The summed E-state index contributed by atoms with van der Waals surface area (Å²) in [6.45, 7) is 2.04. The van der Waals surface area contributed by atoms with Crippen molar-refractivity contribution in [2.24, 2.45) is 0 Å². The third-order valence-corrected chi connectivity index (χ3v) is 5.17. The molecule has 2 nitrogen and oxygen atoms in total. The van der Waals surface area contributed by atoms with Gasteiger partial charge in [-0.2, -0.15) is 0 Å². The number of aromatic nitrogens is 1. The molecule has 2 rings (SSSR count). The number of halogens is 2. The zero-order valence-corrected chi connectivity index (χ0v) is 9.86. The van der Waals surface area contributed by atoms with Gasteiger partial charge in [0.1, 0.15) is 9.74 Å². The topological polar surface area (TPSA) is 30.0 Å². The molecule has 76 valence electrons. The van der Waals surface area contributed by atoms with E-state index < -0.39 is 15.5 Å². The van der Waals surface area contributed by atoms with Crippen molar-refractivity contribution in [2.45, 2.75) is 28.5 Å². The van der Waals surface area contributed by atoms with Gasteiger partial charge in [0.2, 0.25) is 0 Å². The van der Waals surface area contributed by atoms with Crippen molar-refractivity contribution in [2.75, 3.05) is 0 Å². The number of rotatable bonds is 1. The van der Waals surface area contributed by atoms with Crippen molar-refractivity contribution in [3.63, 3.8) is 0 Å². The Hall–Kier alpha value is -0.120. The number of pyridine rings is 1. The molecule has 14 heavy (non-hydrogen) atoms. The van der Waals surface area contributed by atoms with Crippen LogP contribution in [0.15, 0.2) is 17.3 Å². The first-order valence-corrected chi connectivity index (χ1v) is 6.41. The molecule has 1 aromatic rings. The lowest BCUT2D eigenvalue weighted by Gasteiger charge is -2.03. The Morgan fingerprint density at radius 1 is 1.57 bits per heavy atom. The highest BCUT2D eigenvalue weighted by Gasteiger charge is 2.37. The summed E-state index contributed by atoms with van der Waals surface area (Å²) in [7, 11) is -1.26. The van der Waals surface area contributed by atoms with E-state index in [0.29, 0.717) is 5.03 Å². The van der Waals surface area contributed by atoms with Crippen LogP contribution < -0.4 is 0 Å². The third-order valence-electron chi connectivity index (χ3n) is 2.27. The van der Waals surface area contributed by atoms with Crippen molar-refractivity contribution < 1.29 is 4.21 Å². The van der Waals surface area contributed by atoms with E-state index in [4.69, 9.17) is 23.2 Å². The Morgan fingerprint density at radius 3 is 2.93 bits per heavy atom. The van der Waals surface area contributed by atoms with E-state index in [-0.39, 0.29) is 5.38 Å². The van der Waals surface area contributed by atoms with Gasteiger partial charge in [0, 0.05) is 11.8 Å². The molecular weight excluding hydrogens is 241 g/mol. The molecule has 0 fully saturated rings. The smallest absolute Gasteiger partial charge is 0.135 e. The lowest BCUT2D eigenvalue weighted by atomic mass is 10.1. The second-order valence-electron chi connectivity index (χ2n) is 3.14. The average molecular weight is 250 g/mol. The van der Waals surface area contributed by atoms with E-state index in [9.17, 15) is 4.21 Å². The zero-order valence-electron chi connectivity index (χ0n) is 7.54. The summed E-state index contributed by atoms with van der Waals surface area (Å²) in [6, 6.07) is 1.94. The second-order valence-corrected chi connectivity index (χ2v) is 5.83. The summed E-state index contributed by atoms with van der Waals surface area (Å²) >= 11 is 12.0. The molecule has 1 aliphatic rings. The van der Waals surface area contributed by atoms with Crippen molar-refractivity contribution in [1.82, 2.24) is 4.98 Å². The van der Waals surface area contributed by atoms with Crippen molar-refractivity contribution in [3.8, 4) is 0 Å². The number of hydrogen-bond donors (Lipinski definition) is 0. The summed E-state index contributed by atoms with van der Waals surface area (Å²) in [6.07, 6.45) is 2.62. The molecule has 0 spiro atoms. The first-order valence-electron chi connectivity index (χ1n) is 4.32. The highest BCUT2D eigenvalue weighted by molar-refractivity contribution is 7.87. The number of alkyl halides is 2. The fourth-order valence-corrected chi connectivity index (χ4v) is 3.48. The van der Waals surface area contributed by atoms with Gasteiger partial charge < -0.3 is 0 Å². The minimum atomic E-state index is -1.26. The molecule has 1 aromatic heterocycles. The molecule has 1 unspecified atom stereocenters. The van der Waals surface area contributed by atoms with E-state index in [1.165, 1.54) is 0 Å². The molecule has 2 heterocycles. The number of aryl methyl sites for hydroxylation is 1. The van der Waals surface area contributed by atoms with E-state index in [0.717, 1.165) is 17.5 Å². The number of hydrogen-bond acceptors (Lipinski definition) is 2. The molecule has 0 aliphatic carbocycles. The highest BCUT2D eigenvalue weighted by atomic mass is 35.5. The Bertz CT molecular complexity index is 396. The zero-order chi connectivity index (χ0) is 10.3. The quantitative estimate of drug-likeness (QED) is 0.717. The third kappa shape index (κ3) is 1.47. The highest BCUT2D eigenvalue weighted by Crippen LogP contribution is 2.41. The minimum absolute atomic E-state index is 0.383. The molecule has 1 aliphatic heterocycles. The first-order chi connectivity index (χ1) is 6.65. The van der Waals surface area contributed by atoms with Gasteiger partial charge in [0.25, 0.3) is 0 Å². The molecule has 5 heteroatoms. The Kier molecular flexibility index (Phi) is 2.82. The molecule has 0 bridgehead atoms. The molecule has 0 aromatic carbocycles. The lowest BCUT2D eigenvalue weighted by Crippen LogP contribution is -2.03. The van der Waals surface area contributed by atoms with E-state index in [1.54, 1.807) is 6.20 Å². The summed E-state index contributed by atoms with van der Waals surface area (Å²) in [5.41, 5.74) is 1.92. The van der Waals surface area contributed by atoms with Gasteiger partial charge in [-0.1, -0.05) is 6.92 Å². The van der Waals surface area contributed by atoms with Gasteiger partial charge in [-0.3, -0.25) is 4.21 Å². The van der Waals surface area contributed by atoms with Gasteiger partial charge in [0.05, 0.1) is 16.2 Å². The molecule has 0 N–H and O–H groups in total. The second kappa shape index (κ2) is 3.80. The number of fused-ring (bicyclic) bond motifs is 1. The SMILES string of the molecule is CCc1cnc2c(c1)[C@H](Cl)[C@@H](Cl)S2=O. The van der Waals surface area contributed by atoms with Crippen molar-refractivity contribution in [3.05, 3.63) is 23.4 Å². The van der Waals surface area contributed by atoms with Crippen LogP contribution in [-0.4, -0.2) is 13.9 Å². The van der Waals surface area contributed by atoms with Crippen molar-refractivity contribution in [1.29, 1.82) is 0 Å². The van der Waals surface area contributed by atoms with E-state index in [2.05, 4.69) is 4.98 Å². The van der Waals surface area contributed by atoms with E-state index >= 15 is 0 Å². The van der Waals surface area contributed by atoms with Crippen LogP contribution in [0.2, 0.25) is 0 Å². The van der Waals surface area contributed by atoms with E-state index in [1.807, 2.05) is 13.0 Å². The van der Waals surface area contributed by atoms with Crippen LogP contribution in [0.25, 0.3) is 0 Å². The molecule has 0 saturated carbocycles. The van der Waals surface area contributed by atoms with Crippen LogP contribution in [0.5, 0.6) is 0 Å². The van der Waals surface area contributed by atoms with Crippen LogP contribution in [0.3, 0.4) is 0 Å². The Balaban J connectivity index is 2.53. The predicted octanol–water partition coefficient (Wildman–Crippen LogP) is 2.61. The maximum absolute atomic E-state index is 11.6. The number of nitrogens with zero attached hydrogens (tertiary/aromatic N) is 1. The minimum Gasteiger partial charge on any atom is -0.251 e. The van der Waals surface area contributed by atoms with Gasteiger partial charge in [0.15, 0.2) is 0 Å². The fourth-order valence-electron chi connectivity index (χ4n) is 1.43. The van der Waals surface area contributed by atoms with Crippen LogP contribution in [0.1, 0.15) is 23.4 Å². The first kappa shape index (κ1) is 10.4. The molecule has 3 atom stereocenters. The van der Waals surface area contributed by atoms with Crippen LogP contribution in [-0.2, 0) is 17.2 Å². The normalized spacial score (nSPS) is 30.4. The molecule has 0 amide bonds. The summed E-state index contributed by atoms with van der Waals surface area (Å²) < 4.78 is 11.1. The molecule has 0 saturated heterocycles. The largest absolute Gasteiger partial charge is 0.251 e. The van der Waals surface area contributed by atoms with Crippen LogP contribution in [0, 0.1) is 0 Å². The van der Waals surface area contributed by atoms with Crippen molar-refractivity contribution >= 4 is 34.0 Å². The molecule has 0 radical (unpaired) electrons. The van der Waals surface area contributed by atoms with Gasteiger partial charge in [-0.05, 0) is 18.1 Å². The summed E-state index contributed by atoms with van der Waals surface area (Å²) in [5.74, 6) is 0. The van der Waals surface area contributed by atoms with Gasteiger partial charge in [-0.25, -0.2) is 4.98 Å². The fraction of sp³-hybridized carbons (Fsp3) is 0.444. The predicted molar refractivity (Wildman–Crippen MR) is 58.3 cm³/mol. The lowest BCUT2D eigenvalue weighted by molar-refractivity contribution is 0.681. The Morgan fingerprint density at radius 2 is 2.29 bits per heavy atom.